The van der Waals surface area contributed by atoms with Crippen molar-refractivity contribution >= 4 is 17.3 Å². The molecule has 1 unspecified atom stereocenters. The predicted octanol–water partition coefficient (Wildman–Crippen LogP) is 3.55. The van der Waals surface area contributed by atoms with Crippen molar-refractivity contribution in [2.45, 2.75) is 32.7 Å². The summed E-state index contributed by atoms with van der Waals surface area (Å²) in [5.74, 6) is 0.738. The van der Waals surface area contributed by atoms with Gasteiger partial charge in [0.25, 0.3) is 0 Å². The Labute approximate surface area is 115 Å². The summed E-state index contributed by atoms with van der Waals surface area (Å²) in [6.07, 6.45) is 2.43. The molecule has 1 fully saturated rings. The first-order valence-corrected chi connectivity index (χ1v) is 7.27. The van der Waals surface area contributed by atoms with Crippen LogP contribution in [0.15, 0.2) is 24.3 Å². The van der Waals surface area contributed by atoms with Crippen molar-refractivity contribution < 1.29 is 0 Å². The summed E-state index contributed by atoms with van der Waals surface area (Å²) < 4.78 is 0. The van der Waals surface area contributed by atoms with Crippen molar-refractivity contribution in [1.82, 2.24) is 5.32 Å². The lowest BCUT2D eigenvalue weighted by Crippen LogP contribution is -2.38. The lowest BCUT2D eigenvalue weighted by atomic mass is 10.0. The predicted molar refractivity (Wildman–Crippen MR) is 79.5 cm³/mol. The Balaban J connectivity index is 2.07. The van der Waals surface area contributed by atoms with Gasteiger partial charge in [0.05, 0.1) is 0 Å². The Bertz CT molecular complexity index is 379. The number of hydrogen-bond acceptors (Lipinski definition) is 2. The topological polar surface area (TPSA) is 15.3 Å². The molecule has 1 N–H and O–H groups in total. The summed E-state index contributed by atoms with van der Waals surface area (Å²) in [5, 5.41) is 4.48. The lowest BCUT2D eigenvalue weighted by Gasteiger charge is -2.27. The fourth-order valence-corrected chi connectivity index (χ4v) is 2.82. The van der Waals surface area contributed by atoms with E-state index in [9.17, 15) is 0 Å². The van der Waals surface area contributed by atoms with Crippen LogP contribution in [0.5, 0.6) is 0 Å². The van der Waals surface area contributed by atoms with Gasteiger partial charge in [0, 0.05) is 29.8 Å². The first kappa shape index (κ1) is 13.7. The summed E-state index contributed by atoms with van der Waals surface area (Å²) >= 11 is 6.08. The van der Waals surface area contributed by atoms with Gasteiger partial charge in [0.2, 0.25) is 0 Å². The summed E-state index contributed by atoms with van der Waals surface area (Å²) in [6.45, 7) is 7.89. The largest absolute Gasteiger partial charge is 0.370 e. The zero-order valence-corrected chi connectivity index (χ0v) is 12.1. The Hall–Kier alpha value is -0.730. The number of benzene rings is 1. The molecule has 1 aliphatic rings. The van der Waals surface area contributed by atoms with Crippen LogP contribution in [0.4, 0.5) is 5.69 Å². The Morgan fingerprint density at radius 1 is 1.44 bits per heavy atom. The molecule has 0 saturated carbocycles. The molecule has 1 saturated heterocycles. The van der Waals surface area contributed by atoms with Gasteiger partial charge in [-0.15, -0.1) is 0 Å². The highest BCUT2D eigenvalue weighted by molar-refractivity contribution is 6.30. The van der Waals surface area contributed by atoms with Gasteiger partial charge in [-0.2, -0.15) is 0 Å². The second kappa shape index (κ2) is 6.44. The fourth-order valence-electron chi connectivity index (χ4n) is 2.63. The molecular formula is C15H23ClN2. The molecule has 0 amide bonds. The Kier molecular flexibility index (Phi) is 4.90. The third-order valence-electron chi connectivity index (χ3n) is 3.41. The van der Waals surface area contributed by atoms with Crippen molar-refractivity contribution in [3.05, 3.63) is 29.3 Å². The van der Waals surface area contributed by atoms with Crippen LogP contribution in [0.2, 0.25) is 5.02 Å². The van der Waals surface area contributed by atoms with Crippen LogP contribution >= 0.6 is 11.6 Å². The first-order chi connectivity index (χ1) is 8.65. The molecule has 2 rings (SSSR count). The summed E-state index contributed by atoms with van der Waals surface area (Å²) in [6, 6.07) is 8.79. The van der Waals surface area contributed by atoms with E-state index < -0.39 is 0 Å². The normalized spacial score (nSPS) is 21.1. The molecule has 2 nitrogen and oxygen atoms in total. The molecule has 1 aliphatic heterocycles. The molecule has 0 radical (unpaired) electrons. The maximum atomic E-state index is 6.08. The minimum atomic E-state index is 0.589. The highest BCUT2D eigenvalue weighted by Crippen LogP contribution is 2.21. The minimum absolute atomic E-state index is 0.589. The van der Waals surface area contributed by atoms with Gasteiger partial charge in [-0.3, -0.25) is 0 Å². The van der Waals surface area contributed by atoms with Crippen LogP contribution in [-0.2, 0) is 0 Å². The van der Waals surface area contributed by atoms with Gasteiger partial charge >= 0.3 is 0 Å². The van der Waals surface area contributed by atoms with Gasteiger partial charge in [-0.25, -0.2) is 0 Å². The van der Waals surface area contributed by atoms with Crippen LogP contribution < -0.4 is 10.2 Å². The highest BCUT2D eigenvalue weighted by Gasteiger charge is 2.18. The van der Waals surface area contributed by atoms with E-state index in [1.165, 1.54) is 18.5 Å². The molecule has 0 aliphatic carbocycles. The number of halogens is 1. The molecule has 0 aromatic heterocycles. The second-order valence-corrected chi connectivity index (χ2v) is 6.00. The molecule has 0 bridgehead atoms. The van der Waals surface area contributed by atoms with Crippen LogP contribution in [0.1, 0.15) is 26.7 Å². The SMILES string of the molecule is CC(C)CC1CN(c2cccc(Cl)c2)CCCN1. The zero-order valence-electron chi connectivity index (χ0n) is 11.3. The van der Waals surface area contributed by atoms with E-state index in [0.717, 1.165) is 30.6 Å². The van der Waals surface area contributed by atoms with Crippen molar-refractivity contribution in [2.75, 3.05) is 24.5 Å². The summed E-state index contributed by atoms with van der Waals surface area (Å²) in [7, 11) is 0. The molecule has 1 aromatic carbocycles. The van der Waals surface area contributed by atoms with E-state index in [4.69, 9.17) is 11.6 Å². The molecule has 1 heterocycles. The molecule has 1 aromatic rings. The molecule has 3 heteroatoms. The average Bonchev–Trinajstić information content (AvgIpc) is 2.54. The lowest BCUT2D eigenvalue weighted by molar-refractivity contribution is 0.436. The molecule has 1 atom stereocenters. The number of hydrogen-bond donors (Lipinski definition) is 1. The number of rotatable bonds is 3. The van der Waals surface area contributed by atoms with Crippen molar-refractivity contribution in [3.8, 4) is 0 Å². The number of nitrogens with zero attached hydrogens (tertiary/aromatic N) is 1. The smallest absolute Gasteiger partial charge is 0.0426 e. The van der Waals surface area contributed by atoms with E-state index in [2.05, 4.69) is 36.2 Å². The van der Waals surface area contributed by atoms with Crippen molar-refractivity contribution in [1.29, 1.82) is 0 Å². The van der Waals surface area contributed by atoms with E-state index in [1.807, 2.05) is 12.1 Å². The third kappa shape index (κ3) is 3.89. The molecular weight excluding hydrogens is 244 g/mol. The first-order valence-electron chi connectivity index (χ1n) is 6.89. The Morgan fingerprint density at radius 2 is 2.28 bits per heavy atom. The second-order valence-electron chi connectivity index (χ2n) is 5.56. The number of nitrogens with one attached hydrogen (secondary N) is 1. The van der Waals surface area contributed by atoms with E-state index >= 15 is 0 Å². The minimum Gasteiger partial charge on any atom is -0.370 e. The van der Waals surface area contributed by atoms with Crippen LogP contribution in [0, 0.1) is 5.92 Å². The standard InChI is InChI=1S/C15H23ClN2/c1-12(2)9-14-11-18(8-4-7-17-14)15-6-3-5-13(16)10-15/h3,5-6,10,12,14,17H,4,7-9,11H2,1-2H3. The maximum Gasteiger partial charge on any atom is 0.0426 e. The quantitative estimate of drug-likeness (QED) is 0.900. The maximum absolute atomic E-state index is 6.08. The van der Waals surface area contributed by atoms with E-state index in [-0.39, 0.29) is 0 Å². The van der Waals surface area contributed by atoms with Gasteiger partial charge in [0.15, 0.2) is 0 Å². The average molecular weight is 267 g/mol. The van der Waals surface area contributed by atoms with Crippen LogP contribution in [-0.4, -0.2) is 25.7 Å². The van der Waals surface area contributed by atoms with Crippen LogP contribution in [0.3, 0.4) is 0 Å². The van der Waals surface area contributed by atoms with Gasteiger partial charge < -0.3 is 10.2 Å². The van der Waals surface area contributed by atoms with Gasteiger partial charge in [-0.05, 0) is 43.5 Å². The summed E-state index contributed by atoms with van der Waals surface area (Å²) in [5.41, 5.74) is 1.25. The van der Waals surface area contributed by atoms with E-state index in [1.54, 1.807) is 0 Å². The molecule has 18 heavy (non-hydrogen) atoms. The monoisotopic (exact) mass is 266 g/mol. The molecule has 100 valence electrons. The van der Waals surface area contributed by atoms with Crippen molar-refractivity contribution in [2.24, 2.45) is 5.92 Å². The zero-order chi connectivity index (χ0) is 13.0. The van der Waals surface area contributed by atoms with Gasteiger partial charge in [0.1, 0.15) is 0 Å². The third-order valence-corrected chi connectivity index (χ3v) is 3.64. The van der Waals surface area contributed by atoms with Gasteiger partial charge in [-0.1, -0.05) is 31.5 Å². The molecule has 0 spiro atoms. The van der Waals surface area contributed by atoms with E-state index in [0.29, 0.717) is 6.04 Å². The highest BCUT2D eigenvalue weighted by atomic mass is 35.5. The number of anilines is 1. The van der Waals surface area contributed by atoms with Crippen molar-refractivity contribution in [3.63, 3.8) is 0 Å². The Morgan fingerprint density at radius 3 is 3.00 bits per heavy atom. The fraction of sp³-hybridized carbons (Fsp3) is 0.600. The van der Waals surface area contributed by atoms with Crippen LogP contribution in [0.25, 0.3) is 0 Å². The summed E-state index contributed by atoms with van der Waals surface area (Å²) in [4.78, 5) is 2.46.